The summed E-state index contributed by atoms with van der Waals surface area (Å²) < 4.78 is 0. The van der Waals surface area contributed by atoms with Crippen LogP contribution in [-0.2, 0) is 0 Å². The van der Waals surface area contributed by atoms with Crippen molar-refractivity contribution in [2.45, 2.75) is 26.2 Å². The van der Waals surface area contributed by atoms with Gasteiger partial charge in [0, 0.05) is 19.3 Å². The summed E-state index contributed by atoms with van der Waals surface area (Å²) in [6, 6.07) is 8.00. The number of nitrogens with one attached hydrogen (secondary N) is 1. The molecule has 0 bridgehead atoms. The van der Waals surface area contributed by atoms with Crippen LogP contribution in [0.4, 0.5) is 5.82 Å². The number of hydrogen-bond acceptors (Lipinski definition) is 4. The van der Waals surface area contributed by atoms with E-state index in [0.717, 1.165) is 47.2 Å². The first kappa shape index (κ1) is 18.2. The van der Waals surface area contributed by atoms with Gasteiger partial charge >= 0.3 is 0 Å². The molecule has 24 heavy (non-hydrogen) atoms. The quantitative estimate of drug-likeness (QED) is 0.771. The van der Waals surface area contributed by atoms with Crippen LogP contribution in [0, 0.1) is 6.92 Å². The van der Waals surface area contributed by atoms with E-state index in [1.54, 1.807) is 0 Å². The molecule has 1 saturated heterocycles. The molecule has 0 radical (unpaired) electrons. The van der Waals surface area contributed by atoms with E-state index in [0.29, 0.717) is 0 Å². The fourth-order valence-electron chi connectivity index (χ4n) is 3.11. The van der Waals surface area contributed by atoms with Crippen molar-refractivity contribution in [3.8, 4) is 11.4 Å². The zero-order chi connectivity index (χ0) is 14.9. The Kier molecular flexibility index (Phi) is 5.75. The molecule has 0 aliphatic carbocycles. The Morgan fingerprint density at radius 1 is 1.08 bits per heavy atom. The summed E-state index contributed by atoms with van der Waals surface area (Å²) >= 11 is 0. The average molecular weight is 348 g/mol. The molecule has 3 aromatic heterocycles. The number of aryl methyl sites for hydroxylation is 1. The minimum Gasteiger partial charge on any atom is -0.412 e. The molecule has 0 aromatic carbocycles. The molecule has 6 nitrogen and oxygen atoms in total. The summed E-state index contributed by atoms with van der Waals surface area (Å²) in [6.07, 6.45) is 5.59. The molecule has 1 fully saturated rings. The average Bonchev–Trinajstić information content (AvgIpc) is 2.99. The number of piperidine rings is 1. The molecular weight excluding hydrogens is 326 g/mol. The van der Waals surface area contributed by atoms with Gasteiger partial charge in [-0.3, -0.25) is 4.98 Å². The normalized spacial score (nSPS) is 14.1. The van der Waals surface area contributed by atoms with Gasteiger partial charge in [0.25, 0.3) is 0 Å². The molecule has 7 heteroatoms. The van der Waals surface area contributed by atoms with Crippen molar-refractivity contribution in [1.82, 2.24) is 19.9 Å². The van der Waals surface area contributed by atoms with Gasteiger partial charge in [0.05, 0.1) is 16.9 Å². The molecule has 1 aliphatic heterocycles. The Morgan fingerprint density at radius 2 is 1.88 bits per heavy atom. The molecule has 0 amide bonds. The van der Waals surface area contributed by atoms with E-state index in [1.165, 1.54) is 19.3 Å². The van der Waals surface area contributed by atoms with Crippen molar-refractivity contribution in [3.05, 3.63) is 36.3 Å². The van der Waals surface area contributed by atoms with E-state index >= 15 is 0 Å². The number of H-pyrrole nitrogens is 1. The van der Waals surface area contributed by atoms with Crippen molar-refractivity contribution < 1.29 is 5.48 Å². The molecule has 0 unspecified atom stereocenters. The van der Waals surface area contributed by atoms with E-state index in [2.05, 4.69) is 25.9 Å². The van der Waals surface area contributed by atoms with Crippen LogP contribution in [0.3, 0.4) is 0 Å². The van der Waals surface area contributed by atoms with Crippen molar-refractivity contribution in [3.63, 3.8) is 0 Å². The maximum atomic E-state index is 4.70. The lowest BCUT2D eigenvalue weighted by atomic mass is 10.1. The minimum absolute atomic E-state index is 0. The third kappa shape index (κ3) is 3.34. The van der Waals surface area contributed by atoms with Gasteiger partial charge < -0.3 is 15.4 Å². The summed E-state index contributed by atoms with van der Waals surface area (Å²) in [5.74, 6) is 1.85. The Morgan fingerprint density at radius 3 is 2.58 bits per heavy atom. The Balaban J connectivity index is 0.00000104. The fraction of sp³-hybridized carbons (Fsp3) is 0.353. The minimum atomic E-state index is 0. The number of aromatic amines is 1. The maximum absolute atomic E-state index is 4.70. The Labute approximate surface area is 147 Å². The van der Waals surface area contributed by atoms with Gasteiger partial charge in [0.2, 0.25) is 0 Å². The first-order valence-corrected chi connectivity index (χ1v) is 7.85. The second kappa shape index (κ2) is 7.59. The largest absolute Gasteiger partial charge is 0.412 e. The predicted octanol–water partition coefficient (Wildman–Crippen LogP) is 2.92. The van der Waals surface area contributed by atoms with Crippen LogP contribution < -0.4 is 4.90 Å². The van der Waals surface area contributed by atoms with Crippen LogP contribution in [0.15, 0.2) is 30.5 Å². The maximum Gasteiger partial charge on any atom is 0.156 e. The number of anilines is 1. The second-order valence-electron chi connectivity index (χ2n) is 5.80. The number of rotatable bonds is 2. The van der Waals surface area contributed by atoms with Gasteiger partial charge in [-0.25, -0.2) is 9.97 Å². The standard InChI is InChI=1S/C17H19N5.ClH.H2O/c1-12-19-15-11-14(13-7-3-4-8-18-13)21-16(15)17(20-12)22-9-5-2-6-10-22;;/h3-4,7-8,11,21H,2,5-6,9-10H2,1H3;1H;1H2. The van der Waals surface area contributed by atoms with Crippen molar-refractivity contribution >= 4 is 29.3 Å². The zero-order valence-corrected chi connectivity index (χ0v) is 14.4. The number of hydrogen-bond donors (Lipinski definition) is 1. The highest BCUT2D eigenvalue weighted by molar-refractivity contribution is 5.90. The van der Waals surface area contributed by atoms with E-state index < -0.39 is 0 Å². The molecule has 0 spiro atoms. The fourth-order valence-corrected chi connectivity index (χ4v) is 3.11. The molecule has 0 saturated carbocycles. The van der Waals surface area contributed by atoms with Crippen molar-refractivity contribution in [2.24, 2.45) is 0 Å². The van der Waals surface area contributed by atoms with Gasteiger partial charge in [0.1, 0.15) is 11.3 Å². The number of halogens is 1. The summed E-state index contributed by atoms with van der Waals surface area (Å²) in [4.78, 5) is 19.5. The van der Waals surface area contributed by atoms with E-state index in [4.69, 9.17) is 4.98 Å². The molecule has 3 aromatic rings. The lowest BCUT2D eigenvalue weighted by Gasteiger charge is -2.28. The van der Waals surface area contributed by atoms with Crippen LogP contribution >= 0.6 is 12.4 Å². The van der Waals surface area contributed by atoms with Crippen LogP contribution in [0.5, 0.6) is 0 Å². The van der Waals surface area contributed by atoms with Crippen LogP contribution in [0.1, 0.15) is 25.1 Å². The third-order valence-corrected chi connectivity index (χ3v) is 4.17. The topological polar surface area (TPSA) is 89.2 Å². The smallest absolute Gasteiger partial charge is 0.156 e. The van der Waals surface area contributed by atoms with Crippen LogP contribution in [-0.4, -0.2) is 38.5 Å². The molecule has 4 heterocycles. The molecular formula is C17H22ClN5O. The van der Waals surface area contributed by atoms with Gasteiger partial charge in [-0.15, -0.1) is 12.4 Å². The highest BCUT2D eigenvalue weighted by Crippen LogP contribution is 2.29. The molecule has 3 N–H and O–H groups in total. The SMILES string of the molecule is Cc1nc(N2CCCCC2)c2[nH]c(-c3ccccn3)cc2n1.Cl.O. The summed E-state index contributed by atoms with van der Waals surface area (Å²) in [5, 5.41) is 0. The first-order valence-electron chi connectivity index (χ1n) is 7.85. The van der Waals surface area contributed by atoms with E-state index in [9.17, 15) is 0 Å². The highest BCUT2D eigenvalue weighted by atomic mass is 35.5. The van der Waals surface area contributed by atoms with Crippen LogP contribution in [0.25, 0.3) is 22.4 Å². The lowest BCUT2D eigenvalue weighted by Crippen LogP contribution is -2.30. The van der Waals surface area contributed by atoms with Crippen molar-refractivity contribution in [2.75, 3.05) is 18.0 Å². The molecule has 4 rings (SSSR count). The molecule has 128 valence electrons. The summed E-state index contributed by atoms with van der Waals surface area (Å²) in [5.41, 5.74) is 3.92. The Bertz CT molecular complexity index is 799. The highest BCUT2D eigenvalue weighted by Gasteiger charge is 2.18. The number of fused-ring (bicyclic) bond motifs is 1. The monoisotopic (exact) mass is 347 g/mol. The van der Waals surface area contributed by atoms with Crippen LogP contribution in [0.2, 0.25) is 0 Å². The third-order valence-electron chi connectivity index (χ3n) is 4.17. The molecule has 1 aliphatic rings. The van der Waals surface area contributed by atoms with E-state index in [-0.39, 0.29) is 17.9 Å². The summed E-state index contributed by atoms with van der Waals surface area (Å²) in [7, 11) is 0. The Hall–Kier alpha value is -2.18. The second-order valence-corrected chi connectivity index (χ2v) is 5.80. The number of nitrogens with zero attached hydrogens (tertiary/aromatic N) is 4. The van der Waals surface area contributed by atoms with Crippen molar-refractivity contribution in [1.29, 1.82) is 0 Å². The van der Waals surface area contributed by atoms with Gasteiger partial charge in [-0.1, -0.05) is 6.07 Å². The molecule has 0 atom stereocenters. The lowest BCUT2D eigenvalue weighted by molar-refractivity contribution is 0.574. The number of pyridine rings is 1. The summed E-state index contributed by atoms with van der Waals surface area (Å²) in [6.45, 7) is 4.10. The zero-order valence-electron chi connectivity index (χ0n) is 13.6. The van der Waals surface area contributed by atoms with Gasteiger partial charge in [-0.05, 0) is 44.4 Å². The van der Waals surface area contributed by atoms with Gasteiger partial charge in [-0.2, -0.15) is 0 Å². The number of aromatic nitrogens is 4. The van der Waals surface area contributed by atoms with Gasteiger partial charge in [0.15, 0.2) is 5.82 Å². The van der Waals surface area contributed by atoms with E-state index in [1.807, 2.05) is 31.3 Å². The first-order chi connectivity index (χ1) is 10.8. The predicted molar refractivity (Wildman–Crippen MR) is 98.8 cm³/mol.